The third-order valence-electron chi connectivity index (χ3n) is 3.26. The van der Waals surface area contributed by atoms with E-state index in [9.17, 15) is 4.79 Å². The molecule has 0 saturated carbocycles. The van der Waals surface area contributed by atoms with Gasteiger partial charge in [0.2, 0.25) is 0 Å². The van der Waals surface area contributed by atoms with Gasteiger partial charge in [0.05, 0.1) is 25.8 Å². The summed E-state index contributed by atoms with van der Waals surface area (Å²) in [4.78, 5) is 14.7. The highest BCUT2D eigenvalue weighted by atomic mass is 16.5. The van der Waals surface area contributed by atoms with Crippen LogP contribution >= 0.6 is 0 Å². The van der Waals surface area contributed by atoms with E-state index in [-0.39, 0.29) is 5.78 Å². The Kier molecular flexibility index (Phi) is 7.40. The van der Waals surface area contributed by atoms with Crippen LogP contribution in [0.2, 0.25) is 0 Å². The number of hydrogen-bond donors (Lipinski definition) is 0. The maximum Gasteiger partial charge on any atom is 0.180 e. The monoisotopic (exact) mass is 293 g/mol. The zero-order valence-electron chi connectivity index (χ0n) is 13.8. The molecule has 4 nitrogen and oxygen atoms in total. The second-order valence-electron chi connectivity index (χ2n) is 5.75. The molecule has 0 heterocycles. The van der Waals surface area contributed by atoms with Crippen molar-refractivity contribution in [2.45, 2.75) is 20.8 Å². The Morgan fingerprint density at radius 3 is 2.57 bits per heavy atom. The first-order valence-corrected chi connectivity index (χ1v) is 7.37. The molecule has 0 unspecified atom stereocenters. The average Bonchev–Trinajstić information content (AvgIpc) is 2.43. The first-order valence-electron chi connectivity index (χ1n) is 7.37. The molecule has 21 heavy (non-hydrogen) atoms. The molecule has 0 aliphatic carbocycles. The lowest BCUT2D eigenvalue weighted by molar-refractivity contribution is 0.0878. The molecule has 0 N–H and O–H groups in total. The van der Waals surface area contributed by atoms with E-state index >= 15 is 0 Å². The maximum absolute atomic E-state index is 12.5. The largest absolute Gasteiger partial charge is 0.496 e. The van der Waals surface area contributed by atoms with Crippen LogP contribution in [0, 0.1) is 12.8 Å². The first-order chi connectivity index (χ1) is 9.97. The maximum atomic E-state index is 12.5. The zero-order valence-corrected chi connectivity index (χ0v) is 13.8. The van der Waals surface area contributed by atoms with Crippen LogP contribution in [-0.2, 0) is 4.74 Å². The molecule has 0 aliphatic rings. The van der Waals surface area contributed by atoms with E-state index in [1.165, 1.54) is 0 Å². The van der Waals surface area contributed by atoms with Crippen LogP contribution in [0.1, 0.15) is 29.8 Å². The third-order valence-corrected chi connectivity index (χ3v) is 3.26. The lowest BCUT2D eigenvalue weighted by Crippen LogP contribution is -2.35. The summed E-state index contributed by atoms with van der Waals surface area (Å²) in [7, 11) is 3.28. The Hall–Kier alpha value is -1.39. The number of methoxy groups -OCH3 is 2. The van der Waals surface area contributed by atoms with Crippen LogP contribution in [0.25, 0.3) is 0 Å². The minimum absolute atomic E-state index is 0.0867. The lowest BCUT2D eigenvalue weighted by Gasteiger charge is -2.23. The van der Waals surface area contributed by atoms with Gasteiger partial charge in [0.1, 0.15) is 5.75 Å². The summed E-state index contributed by atoms with van der Waals surface area (Å²) in [6.45, 7) is 8.94. The summed E-state index contributed by atoms with van der Waals surface area (Å²) in [5, 5.41) is 0. The van der Waals surface area contributed by atoms with Crippen molar-refractivity contribution in [1.82, 2.24) is 4.90 Å². The van der Waals surface area contributed by atoms with Gasteiger partial charge in [-0.05, 0) is 30.5 Å². The van der Waals surface area contributed by atoms with E-state index in [0.717, 1.165) is 18.7 Å². The van der Waals surface area contributed by atoms with Gasteiger partial charge in [0, 0.05) is 20.2 Å². The second-order valence-corrected chi connectivity index (χ2v) is 5.75. The highest BCUT2D eigenvalue weighted by Gasteiger charge is 2.17. The van der Waals surface area contributed by atoms with Gasteiger partial charge in [-0.15, -0.1) is 0 Å². The smallest absolute Gasteiger partial charge is 0.180 e. The lowest BCUT2D eigenvalue weighted by atomic mass is 10.1. The summed E-state index contributed by atoms with van der Waals surface area (Å²) in [5.74, 6) is 1.24. The van der Waals surface area contributed by atoms with Crippen molar-refractivity contribution in [2.75, 3.05) is 40.5 Å². The minimum Gasteiger partial charge on any atom is -0.496 e. The average molecular weight is 293 g/mol. The summed E-state index contributed by atoms with van der Waals surface area (Å²) in [6.07, 6.45) is 0. The Balaban J connectivity index is 2.80. The second kappa shape index (κ2) is 8.80. The number of aryl methyl sites for hydroxylation is 1. The topological polar surface area (TPSA) is 38.8 Å². The van der Waals surface area contributed by atoms with E-state index in [1.807, 2.05) is 25.1 Å². The molecule has 4 heteroatoms. The predicted octanol–water partition coefficient (Wildman–Crippen LogP) is 2.79. The Morgan fingerprint density at radius 2 is 2.00 bits per heavy atom. The van der Waals surface area contributed by atoms with Gasteiger partial charge in [-0.1, -0.05) is 19.9 Å². The molecule has 0 bridgehead atoms. The molecule has 0 spiro atoms. The fourth-order valence-corrected chi connectivity index (χ4v) is 2.29. The van der Waals surface area contributed by atoms with Gasteiger partial charge in [-0.25, -0.2) is 0 Å². The number of nitrogens with zero attached hydrogens (tertiary/aromatic N) is 1. The standard InChI is InChI=1S/C17H27NO3/c1-13(2)11-18(8-9-20-4)12-16(19)15-7-6-14(3)10-17(15)21-5/h6-7,10,13H,8-9,11-12H2,1-5H3. The summed E-state index contributed by atoms with van der Waals surface area (Å²) in [5.41, 5.74) is 1.73. The molecule has 1 aromatic rings. The molecule has 1 aromatic carbocycles. The van der Waals surface area contributed by atoms with Crippen molar-refractivity contribution in [3.05, 3.63) is 29.3 Å². The first kappa shape index (κ1) is 17.7. The third kappa shape index (κ3) is 5.86. The van der Waals surface area contributed by atoms with Crippen LogP contribution in [0.5, 0.6) is 5.75 Å². The fourth-order valence-electron chi connectivity index (χ4n) is 2.29. The fraction of sp³-hybridized carbons (Fsp3) is 0.588. The highest BCUT2D eigenvalue weighted by Crippen LogP contribution is 2.20. The molecule has 0 amide bonds. The van der Waals surface area contributed by atoms with Crippen LogP contribution in [0.3, 0.4) is 0 Å². The Morgan fingerprint density at radius 1 is 1.29 bits per heavy atom. The van der Waals surface area contributed by atoms with E-state index in [2.05, 4.69) is 18.7 Å². The number of ether oxygens (including phenoxy) is 2. The van der Waals surface area contributed by atoms with Crippen molar-refractivity contribution in [1.29, 1.82) is 0 Å². The van der Waals surface area contributed by atoms with Gasteiger partial charge < -0.3 is 9.47 Å². The van der Waals surface area contributed by atoms with Crippen LogP contribution in [0.4, 0.5) is 0 Å². The minimum atomic E-state index is 0.0867. The quantitative estimate of drug-likeness (QED) is 0.656. The molecule has 1 rings (SSSR count). The van der Waals surface area contributed by atoms with E-state index < -0.39 is 0 Å². The number of rotatable bonds is 9. The van der Waals surface area contributed by atoms with Gasteiger partial charge in [0.15, 0.2) is 5.78 Å². The SMILES string of the molecule is COCCN(CC(=O)c1ccc(C)cc1OC)CC(C)C. The van der Waals surface area contributed by atoms with Crippen LogP contribution in [-0.4, -0.2) is 51.1 Å². The molecule has 0 fully saturated rings. The number of benzene rings is 1. The van der Waals surface area contributed by atoms with Crippen molar-refractivity contribution in [3.8, 4) is 5.75 Å². The molecule has 0 aliphatic heterocycles. The number of Topliss-reactive ketones (excluding diaryl/α,β-unsaturated/α-hetero) is 1. The number of carbonyl (C=O) groups excluding carboxylic acids is 1. The molecular formula is C17H27NO3. The van der Waals surface area contributed by atoms with E-state index in [1.54, 1.807) is 14.2 Å². The number of ketones is 1. The molecule has 0 aromatic heterocycles. The molecule has 0 atom stereocenters. The number of hydrogen-bond acceptors (Lipinski definition) is 4. The normalized spacial score (nSPS) is 11.2. The van der Waals surface area contributed by atoms with Crippen LogP contribution < -0.4 is 4.74 Å². The summed E-state index contributed by atoms with van der Waals surface area (Å²) in [6, 6.07) is 5.69. The Labute approximate surface area is 128 Å². The molecule has 0 saturated heterocycles. The van der Waals surface area contributed by atoms with Crippen molar-refractivity contribution < 1.29 is 14.3 Å². The number of carbonyl (C=O) groups is 1. The van der Waals surface area contributed by atoms with Gasteiger partial charge in [-0.2, -0.15) is 0 Å². The summed E-state index contributed by atoms with van der Waals surface area (Å²) >= 11 is 0. The highest BCUT2D eigenvalue weighted by molar-refractivity contribution is 6.00. The van der Waals surface area contributed by atoms with E-state index in [0.29, 0.717) is 30.4 Å². The molecule has 0 radical (unpaired) electrons. The summed E-state index contributed by atoms with van der Waals surface area (Å²) < 4.78 is 10.5. The van der Waals surface area contributed by atoms with Crippen LogP contribution in [0.15, 0.2) is 18.2 Å². The molecule has 118 valence electrons. The van der Waals surface area contributed by atoms with E-state index in [4.69, 9.17) is 9.47 Å². The molecular weight excluding hydrogens is 266 g/mol. The van der Waals surface area contributed by atoms with Crippen molar-refractivity contribution >= 4 is 5.78 Å². The predicted molar refractivity (Wildman–Crippen MR) is 85.2 cm³/mol. The zero-order chi connectivity index (χ0) is 15.8. The van der Waals surface area contributed by atoms with Crippen molar-refractivity contribution in [3.63, 3.8) is 0 Å². The van der Waals surface area contributed by atoms with Gasteiger partial charge in [-0.3, -0.25) is 9.69 Å². The van der Waals surface area contributed by atoms with Crippen molar-refractivity contribution in [2.24, 2.45) is 5.92 Å². The van der Waals surface area contributed by atoms with Gasteiger partial charge in [0.25, 0.3) is 0 Å². The Bertz CT molecular complexity index is 457. The van der Waals surface area contributed by atoms with Gasteiger partial charge >= 0.3 is 0 Å².